The number of likely N-dealkylation sites (tertiary alicyclic amines) is 1. The van der Waals surface area contributed by atoms with Crippen molar-refractivity contribution in [3.8, 4) is 11.3 Å². The average Bonchev–Trinajstić information content (AvgIpc) is 3.60. The number of aryl methyl sites for hydroxylation is 1. The molecule has 208 valence electrons. The number of benzene rings is 2. The zero-order chi connectivity index (χ0) is 27.2. The molecule has 2 aromatic carbocycles. The van der Waals surface area contributed by atoms with E-state index in [2.05, 4.69) is 42.2 Å². The number of fused-ring (bicyclic) bond motifs is 1. The first-order valence-corrected chi connectivity index (χ1v) is 15.0. The van der Waals surface area contributed by atoms with Crippen LogP contribution in [-0.2, 0) is 11.2 Å². The van der Waals surface area contributed by atoms with Gasteiger partial charge in [0.05, 0.1) is 24.0 Å². The van der Waals surface area contributed by atoms with Gasteiger partial charge in [-0.3, -0.25) is 14.4 Å². The summed E-state index contributed by atoms with van der Waals surface area (Å²) in [6.07, 6.45) is 8.82. The number of rotatable bonds is 11. The molecule has 0 radical (unpaired) electrons. The van der Waals surface area contributed by atoms with E-state index in [9.17, 15) is 9.90 Å². The summed E-state index contributed by atoms with van der Waals surface area (Å²) in [7, 11) is 0. The summed E-state index contributed by atoms with van der Waals surface area (Å²) >= 11 is 6.10. The largest absolute Gasteiger partial charge is 0.372 e. The Morgan fingerprint density at radius 2 is 1.79 bits per heavy atom. The first kappa shape index (κ1) is 27.9. The minimum Gasteiger partial charge on any atom is -0.372 e. The Labute approximate surface area is 237 Å². The van der Waals surface area contributed by atoms with E-state index in [1.165, 1.54) is 5.56 Å². The molecule has 0 aliphatic carbocycles. The Balaban J connectivity index is 1.27. The van der Waals surface area contributed by atoms with Gasteiger partial charge in [-0.25, -0.2) is 0 Å². The number of aliphatic hydroxyl groups is 1. The zero-order valence-electron chi connectivity index (χ0n) is 23.0. The Hall–Kier alpha value is -2.67. The second-order valence-electron chi connectivity index (χ2n) is 11.1. The van der Waals surface area contributed by atoms with Crippen LogP contribution in [0.15, 0.2) is 60.7 Å². The quantitative estimate of drug-likeness (QED) is 0.273. The number of aliphatic hydroxyl groups excluding tert-OH is 1. The van der Waals surface area contributed by atoms with Gasteiger partial charge in [0.2, 0.25) is 5.91 Å². The normalized spacial score (nSPS) is 21.3. The van der Waals surface area contributed by atoms with E-state index in [0.29, 0.717) is 17.6 Å². The highest BCUT2D eigenvalue weighted by Crippen LogP contribution is 2.35. The predicted octanol–water partition coefficient (Wildman–Crippen LogP) is 6.65. The predicted molar refractivity (Wildman–Crippen MR) is 156 cm³/mol. The van der Waals surface area contributed by atoms with Crippen molar-refractivity contribution in [2.24, 2.45) is 0 Å². The van der Waals surface area contributed by atoms with Crippen molar-refractivity contribution in [2.45, 2.75) is 83.0 Å². The molecule has 0 spiro atoms. The summed E-state index contributed by atoms with van der Waals surface area (Å²) in [5.74, 6) is 0.134. The topological polar surface area (TPSA) is 61.6 Å². The molecule has 3 heterocycles. The molecular weight excluding hydrogens is 508 g/mol. The van der Waals surface area contributed by atoms with Crippen LogP contribution in [0.4, 0.5) is 0 Å². The van der Waals surface area contributed by atoms with Crippen molar-refractivity contribution < 1.29 is 9.90 Å². The lowest BCUT2D eigenvalue weighted by molar-refractivity contribution is -0.138. The molecule has 3 atom stereocenters. The van der Waals surface area contributed by atoms with E-state index >= 15 is 0 Å². The molecule has 3 aromatic rings. The fraction of sp³-hybridized carbons (Fsp3) is 0.500. The molecule has 1 aromatic heterocycles. The van der Waals surface area contributed by atoms with E-state index in [1.54, 1.807) is 0 Å². The number of aromatic nitrogens is 2. The lowest BCUT2D eigenvalue weighted by Gasteiger charge is -2.38. The molecule has 39 heavy (non-hydrogen) atoms. The number of halogens is 1. The van der Waals surface area contributed by atoms with Gasteiger partial charge in [0.15, 0.2) is 6.23 Å². The van der Waals surface area contributed by atoms with Gasteiger partial charge >= 0.3 is 0 Å². The molecular formula is C32H41ClN4O2. The molecule has 7 heteroatoms. The van der Waals surface area contributed by atoms with E-state index in [-0.39, 0.29) is 18.5 Å². The first-order chi connectivity index (χ1) is 19.0. The molecule has 1 saturated heterocycles. The van der Waals surface area contributed by atoms with Gasteiger partial charge in [0.25, 0.3) is 0 Å². The summed E-state index contributed by atoms with van der Waals surface area (Å²) in [4.78, 5) is 17.6. The SMILES string of the molecule is CCCCCC1CN(CC(=O)N2CCCC2CCCc2ccccc2)C(O)c2cc(-c3ccc(Cl)cc3)nn21. The third-order valence-electron chi connectivity index (χ3n) is 8.33. The van der Waals surface area contributed by atoms with Crippen molar-refractivity contribution in [1.82, 2.24) is 19.6 Å². The molecule has 1 amide bonds. The number of carbonyl (C=O) groups excluding carboxylic acids is 1. The average molecular weight is 549 g/mol. The minimum atomic E-state index is -0.857. The second kappa shape index (κ2) is 13.1. The van der Waals surface area contributed by atoms with Crippen molar-refractivity contribution in [3.63, 3.8) is 0 Å². The smallest absolute Gasteiger partial charge is 0.237 e. The lowest BCUT2D eigenvalue weighted by Crippen LogP contribution is -2.48. The van der Waals surface area contributed by atoms with Gasteiger partial charge in [-0.1, -0.05) is 80.3 Å². The molecule has 2 aliphatic rings. The highest BCUT2D eigenvalue weighted by Gasteiger charge is 2.37. The van der Waals surface area contributed by atoms with Gasteiger partial charge in [-0.2, -0.15) is 5.10 Å². The number of hydrogen-bond acceptors (Lipinski definition) is 4. The molecule has 5 rings (SSSR count). The van der Waals surface area contributed by atoms with Crippen molar-refractivity contribution in [1.29, 1.82) is 0 Å². The third kappa shape index (κ3) is 6.74. The molecule has 6 nitrogen and oxygen atoms in total. The van der Waals surface area contributed by atoms with Crippen LogP contribution in [0.5, 0.6) is 0 Å². The standard InChI is InChI=1S/C32H41ClN4O2/c1-2-3-5-13-28-22-35(32(39)30-21-29(34-37(28)30)25-16-18-26(33)19-17-25)23-31(38)36-20-9-15-27(36)14-8-12-24-10-6-4-7-11-24/h4,6-7,10-11,16-19,21,27-28,32,39H,2-3,5,8-9,12-15,20,22-23H2,1H3. The fourth-order valence-electron chi connectivity index (χ4n) is 6.20. The summed E-state index contributed by atoms with van der Waals surface area (Å²) in [5.41, 5.74) is 3.92. The van der Waals surface area contributed by atoms with E-state index in [1.807, 2.05) is 39.9 Å². The molecule has 3 unspecified atom stereocenters. The lowest BCUT2D eigenvalue weighted by atomic mass is 10.0. The molecule has 2 aliphatic heterocycles. The number of hydrogen-bond donors (Lipinski definition) is 1. The van der Waals surface area contributed by atoms with Crippen molar-refractivity contribution in [2.75, 3.05) is 19.6 Å². The van der Waals surface area contributed by atoms with Crippen LogP contribution in [0.1, 0.15) is 81.8 Å². The second-order valence-corrected chi connectivity index (χ2v) is 11.6. The van der Waals surface area contributed by atoms with E-state index in [0.717, 1.165) is 81.3 Å². The number of unbranched alkanes of at least 4 members (excludes halogenated alkanes) is 2. The Morgan fingerprint density at radius 3 is 2.56 bits per heavy atom. The van der Waals surface area contributed by atoms with Gasteiger partial charge in [0, 0.05) is 29.7 Å². The van der Waals surface area contributed by atoms with Gasteiger partial charge in [0.1, 0.15) is 0 Å². The summed E-state index contributed by atoms with van der Waals surface area (Å²) < 4.78 is 2.01. The highest BCUT2D eigenvalue weighted by molar-refractivity contribution is 6.30. The van der Waals surface area contributed by atoms with Crippen LogP contribution in [-0.4, -0.2) is 56.3 Å². The maximum Gasteiger partial charge on any atom is 0.237 e. The molecule has 1 fully saturated rings. The number of amides is 1. The first-order valence-electron chi connectivity index (χ1n) is 14.6. The number of nitrogens with zero attached hydrogens (tertiary/aromatic N) is 4. The van der Waals surface area contributed by atoms with Crippen molar-refractivity contribution in [3.05, 3.63) is 76.9 Å². The maximum absolute atomic E-state index is 13.6. The monoisotopic (exact) mass is 548 g/mol. The van der Waals surface area contributed by atoms with Crippen LogP contribution in [0, 0.1) is 0 Å². The summed E-state index contributed by atoms with van der Waals surface area (Å²) in [5, 5.41) is 17.0. The van der Waals surface area contributed by atoms with Crippen LogP contribution in [0.3, 0.4) is 0 Å². The third-order valence-corrected chi connectivity index (χ3v) is 8.58. The fourth-order valence-corrected chi connectivity index (χ4v) is 6.33. The van der Waals surface area contributed by atoms with Crippen LogP contribution in [0.25, 0.3) is 11.3 Å². The van der Waals surface area contributed by atoms with Crippen molar-refractivity contribution >= 4 is 17.5 Å². The highest BCUT2D eigenvalue weighted by atomic mass is 35.5. The van der Waals surface area contributed by atoms with Gasteiger partial charge in [-0.15, -0.1) is 0 Å². The number of carbonyl (C=O) groups is 1. The van der Waals surface area contributed by atoms with E-state index < -0.39 is 6.23 Å². The van der Waals surface area contributed by atoms with E-state index in [4.69, 9.17) is 16.7 Å². The van der Waals surface area contributed by atoms with Crippen LogP contribution < -0.4 is 0 Å². The van der Waals surface area contributed by atoms with Gasteiger partial charge < -0.3 is 10.0 Å². The Bertz CT molecular complexity index is 1210. The maximum atomic E-state index is 13.6. The zero-order valence-corrected chi connectivity index (χ0v) is 23.8. The van der Waals surface area contributed by atoms with Crippen LogP contribution in [0.2, 0.25) is 5.02 Å². The molecule has 0 bridgehead atoms. The van der Waals surface area contributed by atoms with Crippen LogP contribution >= 0.6 is 11.6 Å². The Morgan fingerprint density at radius 1 is 1.03 bits per heavy atom. The summed E-state index contributed by atoms with van der Waals surface area (Å²) in [6.45, 7) is 3.89. The van der Waals surface area contributed by atoms with Gasteiger partial charge in [-0.05, 0) is 62.3 Å². The summed E-state index contributed by atoms with van der Waals surface area (Å²) in [6, 6.07) is 20.6. The molecule has 1 N–H and O–H groups in total. The minimum absolute atomic E-state index is 0.129. The Kier molecular flexibility index (Phi) is 9.38. The molecule has 0 saturated carbocycles.